The third-order valence-corrected chi connectivity index (χ3v) is 2.92. The number of carbonyl (C=O) groups excluding carboxylic acids is 1. The van der Waals surface area contributed by atoms with Gasteiger partial charge >= 0.3 is 0 Å². The summed E-state index contributed by atoms with van der Waals surface area (Å²) in [6, 6.07) is 0. The van der Waals surface area contributed by atoms with E-state index in [0.29, 0.717) is 13.0 Å². The molecule has 0 aromatic carbocycles. The van der Waals surface area contributed by atoms with Crippen molar-refractivity contribution in [2.45, 2.75) is 38.7 Å². The number of unbranched alkanes of at least 4 members (excludes halogenated alkanes) is 2. The average Bonchev–Trinajstić information content (AvgIpc) is 2.30. The molecule has 0 aliphatic carbocycles. The van der Waals surface area contributed by atoms with E-state index in [1.165, 1.54) is 6.42 Å². The van der Waals surface area contributed by atoms with Gasteiger partial charge < -0.3 is 15.0 Å². The Balaban J connectivity index is 2.26. The van der Waals surface area contributed by atoms with Gasteiger partial charge in [0, 0.05) is 26.1 Å². The van der Waals surface area contributed by atoms with E-state index < -0.39 is 0 Å². The molecule has 0 saturated carbocycles. The van der Waals surface area contributed by atoms with Crippen LogP contribution in [0.5, 0.6) is 0 Å². The number of ether oxygens (including phenoxy) is 1. The molecule has 1 atom stereocenters. The molecule has 0 spiro atoms. The average molecular weight is 228 g/mol. The van der Waals surface area contributed by atoms with Crippen molar-refractivity contribution < 1.29 is 9.53 Å². The van der Waals surface area contributed by atoms with Crippen LogP contribution in [0, 0.1) is 0 Å². The second-order valence-electron chi connectivity index (χ2n) is 4.35. The molecule has 1 aliphatic heterocycles. The van der Waals surface area contributed by atoms with Gasteiger partial charge in [-0.2, -0.15) is 0 Å². The Labute approximate surface area is 98.3 Å². The molecule has 0 radical (unpaired) electrons. The van der Waals surface area contributed by atoms with Crippen molar-refractivity contribution in [3.8, 4) is 0 Å². The van der Waals surface area contributed by atoms with E-state index in [0.717, 1.165) is 32.5 Å². The molecule has 1 unspecified atom stereocenters. The minimum Gasteiger partial charge on any atom is -0.373 e. The van der Waals surface area contributed by atoms with Crippen LogP contribution >= 0.6 is 0 Å². The number of amides is 1. The van der Waals surface area contributed by atoms with Gasteiger partial charge in [-0.25, -0.2) is 0 Å². The first-order valence-corrected chi connectivity index (χ1v) is 6.32. The maximum atomic E-state index is 11.9. The summed E-state index contributed by atoms with van der Waals surface area (Å²) in [7, 11) is 1.91. The first kappa shape index (κ1) is 13.5. The number of morpholine rings is 1. The van der Waals surface area contributed by atoms with Crippen molar-refractivity contribution in [1.82, 2.24) is 10.2 Å². The third-order valence-electron chi connectivity index (χ3n) is 2.92. The zero-order chi connectivity index (χ0) is 11.8. The number of carbonyl (C=O) groups is 1. The lowest BCUT2D eigenvalue weighted by molar-refractivity contribution is -0.138. The summed E-state index contributed by atoms with van der Waals surface area (Å²) in [5, 5.41) is 3.09. The van der Waals surface area contributed by atoms with E-state index in [1.807, 2.05) is 11.9 Å². The molecule has 1 heterocycles. The Morgan fingerprint density at radius 1 is 1.50 bits per heavy atom. The Morgan fingerprint density at radius 3 is 3.00 bits per heavy atom. The van der Waals surface area contributed by atoms with Gasteiger partial charge in [-0.1, -0.05) is 19.8 Å². The molecule has 1 saturated heterocycles. The first-order chi connectivity index (χ1) is 7.77. The van der Waals surface area contributed by atoms with Gasteiger partial charge in [-0.05, 0) is 13.5 Å². The van der Waals surface area contributed by atoms with Gasteiger partial charge in [-0.3, -0.25) is 4.79 Å². The third kappa shape index (κ3) is 4.49. The summed E-state index contributed by atoms with van der Waals surface area (Å²) >= 11 is 0. The van der Waals surface area contributed by atoms with Crippen LogP contribution in [0.25, 0.3) is 0 Å². The predicted octanol–water partition coefficient (Wildman–Crippen LogP) is 1.01. The van der Waals surface area contributed by atoms with Gasteiger partial charge in [0.2, 0.25) is 5.91 Å². The van der Waals surface area contributed by atoms with Crippen LogP contribution in [0.3, 0.4) is 0 Å². The van der Waals surface area contributed by atoms with Crippen molar-refractivity contribution in [1.29, 1.82) is 0 Å². The zero-order valence-electron chi connectivity index (χ0n) is 10.5. The SMILES string of the molecule is CCCCCC(=O)N1CCOC(CNC)C1. The van der Waals surface area contributed by atoms with Crippen LogP contribution in [-0.4, -0.2) is 50.2 Å². The number of nitrogens with zero attached hydrogens (tertiary/aromatic N) is 1. The van der Waals surface area contributed by atoms with E-state index in [4.69, 9.17) is 4.74 Å². The summed E-state index contributed by atoms with van der Waals surface area (Å²) in [4.78, 5) is 13.8. The van der Waals surface area contributed by atoms with Crippen LogP contribution in [0.2, 0.25) is 0 Å². The number of likely N-dealkylation sites (N-methyl/N-ethyl adjacent to an activating group) is 1. The molecule has 4 heteroatoms. The topological polar surface area (TPSA) is 41.6 Å². The quantitative estimate of drug-likeness (QED) is 0.690. The van der Waals surface area contributed by atoms with Crippen molar-refractivity contribution in [2.24, 2.45) is 0 Å². The summed E-state index contributed by atoms with van der Waals surface area (Å²) in [5.74, 6) is 0.290. The second kappa shape index (κ2) is 7.63. The summed E-state index contributed by atoms with van der Waals surface area (Å²) in [6.07, 6.45) is 4.19. The highest BCUT2D eigenvalue weighted by Crippen LogP contribution is 2.08. The van der Waals surface area contributed by atoms with Crippen LogP contribution in [-0.2, 0) is 9.53 Å². The van der Waals surface area contributed by atoms with Crippen LogP contribution in [0.1, 0.15) is 32.6 Å². The monoisotopic (exact) mass is 228 g/mol. The second-order valence-corrected chi connectivity index (χ2v) is 4.35. The fourth-order valence-electron chi connectivity index (χ4n) is 1.98. The predicted molar refractivity (Wildman–Crippen MR) is 64.4 cm³/mol. The lowest BCUT2D eigenvalue weighted by atomic mass is 10.1. The highest BCUT2D eigenvalue weighted by Gasteiger charge is 2.22. The maximum Gasteiger partial charge on any atom is 0.222 e. The summed E-state index contributed by atoms with van der Waals surface area (Å²) in [6.45, 7) is 5.14. The van der Waals surface area contributed by atoms with Gasteiger partial charge in [0.25, 0.3) is 0 Å². The van der Waals surface area contributed by atoms with Gasteiger partial charge in [0.15, 0.2) is 0 Å². The van der Waals surface area contributed by atoms with E-state index in [-0.39, 0.29) is 12.0 Å². The fraction of sp³-hybridized carbons (Fsp3) is 0.917. The Morgan fingerprint density at radius 2 is 2.31 bits per heavy atom. The minimum atomic E-state index is 0.161. The van der Waals surface area contributed by atoms with E-state index in [2.05, 4.69) is 12.2 Å². The van der Waals surface area contributed by atoms with E-state index in [1.54, 1.807) is 0 Å². The maximum absolute atomic E-state index is 11.9. The van der Waals surface area contributed by atoms with Crippen molar-refractivity contribution >= 4 is 5.91 Å². The molecule has 1 N–H and O–H groups in total. The smallest absolute Gasteiger partial charge is 0.222 e. The van der Waals surface area contributed by atoms with Crippen LogP contribution in [0.4, 0.5) is 0 Å². The molecular formula is C12H24N2O2. The lowest BCUT2D eigenvalue weighted by Crippen LogP contribution is -2.48. The summed E-state index contributed by atoms with van der Waals surface area (Å²) < 4.78 is 5.57. The minimum absolute atomic E-state index is 0.161. The number of hydrogen-bond donors (Lipinski definition) is 1. The number of nitrogens with one attached hydrogen (secondary N) is 1. The summed E-state index contributed by atoms with van der Waals surface area (Å²) in [5.41, 5.74) is 0. The van der Waals surface area contributed by atoms with Crippen LogP contribution < -0.4 is 5.32 Å². The molecule has 0 aromatic heterocycles. The Hall–Kier alpha value is -0.610. The molecule has 1 fully saturated rings. The zero-order valence-corrected chi connectivity index (χ0v) is 10.5. The first-order valence-electron chi connectivity index (χ1n) is 6.32. The highest BCUT2D eigenvalue weighted by molar-refractivity contribution is 5.76. The number of hydrogen-bond acceptors (Lipinski definition) is 3. The van der Waals surface area contributed by atoms with Gasteiger partial charge in [0.1, 0.15) is 0 Å². The van der Waals surface area contributed by atoms with Gasteiger partial charge in [-0.15, -0.1) is 0 Å². The molecule has 1 rings (SSSR count). The standard InChI is InChI=1S/C12H24N2O2/c1-3-4-5-6-12(15)14-7-8-16-11(10-14)9-13-2/h11,13H,3-10H2,1-2H3. The molecule has 1 amide bonds. The van der Waals surface area contributed by atoms with Crippen molar-refractivity contribution in [3.05, 3.63) is 0 Å². The normalized spacial score (nSPS) is 21.1. The lowest BCUT2D eigenvalue weighted by Gasteiger charge is -2.33. The Kier molecular flexibility index (Phi) is 6.42. The molecule has 4 nitrogen and oxygen atoms in total. The largest absolute Gasteiger partial charge is 0.373 e. The Bertz CT molecular complexity index is 207. The fourth-order valence-corrected chi connectivity index (χ4v) is 1.98. The van der Waals surface area contributed by atoms with Crippen molar-refractivity contribution in [3.63, 3.8) is 0 Å². The van der Waals surface area contributed by atoms with Gasteiger partial charge in [0.05, 0.1) is 12.7 Å². The van der Waals surface area contributed by atoms with E-state index in [9.17, 15) is 4.79 Å². The number of rotatable bonds is 6. The molecule has 94 valence electrons. The molecule has 0 bridgehead atoms. The molecule has 16 heavy (non-hydrogen) atoms. The molecule has 0 aromatic rings. The molecule has 1 aliphatic rings. The molecular weight excluding hydrogens is 204 g/mol. The van der Waals surface area contributed by atoms with E-state index >= 15 is 0 Å². The highest BCUT2D eigenvalue weighted by atomic mass is 16.5. The van der Waals surface area contributed by atoms with Crippen molar-refractivity contribution in [2.75, 3.05) is 33.3 Å². The van der Waals surface area contributed by atoms with Crippen LogP contribution in [0.15, 0.2) is 0 Å².